The average molecular weight is 392 g/mol. The Morgan fingerprint density at radius 3 is 2.72 bits per heavy atom. The summed E-state index contributed by atoms with van der Waals surface area (Å²) in [5.74, 6) is 0.0518. The molecule has 0 aliphatic rings. The van der Waals surface area contributed by atoms with E-state index in [0.717, 1.165) is 0 Å². The Kier molecular flexibility index (Phi) is 5.33. The molecule has 0 unspecified atom stereocenters. The number of halogens is 2. The van der Waals surface area contributed by atoms with Crippen LogP contribution in [0.5, 0.6) is 0 Å². The monoisotopic (exact) mass is 391 g/mol. The zero-order chi connectivity index (χ0) is 17.8. The molecule has 5 nitrogen and oxygen atoms in total. The Morgan fingerprint density at radius 1 is 1.12 bits per heavy atom. The molecular weight excluding hydrogens is 381 g/mol. The number of rotatable bonds is 3. The molecule has 25 heavy (non-hydrogen) atoms. The predicted molar refractivity (Wildman–Crippen MR) is 102 cm³/mol. The summed E-state index contributed by atoms with van der Waals surface area (Å²) >= 11 is 17.3. The highest BCUT2D eigenvalue weighted by Gasteiger charge is 2.16. The Bertz CT molecular complexity index is 929. The van der Waals surface area contributed by atoms with Gasteiger partial charge in [-0.3, -0.25) is 15.1 Å². The van der Waals surface area contributed by atoms with Crippen molar-refractivity contribution in [3.63, 3.8) is 0 Å². The number of aromatic nitrogens is 1. The minimum atomic E-state index is -0.481. The Balaban J connectivity index is 1.70. The van der Waals surface area contributed by atoms with E-state index in [2.05, 4.69) is 15.6 Å². The lowest BCUT2D eigenvalue weighted by molar-refractivity contribution is 0.0951. The summed E-state index contributed by atoms with van der Waals surface area (Å²) in [7, 11) is 0. The van der Waals surface area contributed by atoms with Gasteiger partial charge in [0.15, 0.2) is 10.9 Å². The van der Waals surface area contributed by atoms with Crippen molar-refractivity contribution < 1.29 is 9.21 Å². The predicted octanol–water partition coefficient (Wildman–Crippen LogP) is 4.78. The summed E-state index contributed by atoms with van der Waals surface area (Å²) < 4.78 is 5.56. The molecule has 1 aromatic carbocycles. The number of hydrogen-bond acceptors (Lipinski definition) is 4. The van der Waals surface area contributed by atoms with Gasteiger partial charge in [-0.2, -0.15) is 0 Å². The van der Waals surface area contributed by atoms with Gasteiger partial charge in [0.2, 0.25) is 0 Å². The van der Waals surface area contributed by atoms with E-state index in [9.17, 15) is 4.79 Å². The first-order valence-corrected chi connectivity index (χ1v) is 8.27. The van der Waals surface area contributed by atoms with E-state index >= 15 is 0 Å². The fourth-order valence-corrected chi connectivity index (χ4v) is 2.67. The lowest BCUT2D eigenvalue weighted by Gasteiger charge is -2.07. The molecule has 0 fully saturated rings. The Hall–Kier alpha value is -2.41. The largest absolute Gasteiger partial charge is 0.451 e. The van der Waals surface area contributed by atoms with Crippen LogP contribution in [0.15, 0.2) is 59.3 Å². The number of nitrogens with one attached hydrogen (secondary N) is 2. The quantitative estimate of drug-likeness (QED) is 0.629. The molecule has 0 saturated heterocycles. The minimum Gasteiger partial charge on any atom is -0.451 e. The van der Waals surface area contributed by atoms with Gasteiger partial charge < -0.3 is 9.73 Å². The maximum Gasteiger partial charge on any atom is 0.293 e. The summed E-state index contributed by atoms with van der Waals surface area (Å²) in [6, 6.07) is 11.9. The molecule has 0 radical (unpaired) electrons. The molecule has 126 valence electrons. The molecule has 0 bridgehead atoms. The molecule has 3 aromatic rings. The highest BCUT2D eigenvalue weighted by Crippen LogP contribution is 2.34. The average Bonchev–Trinajstić information content (AvgIpc) is 3.08. The molecule has 3 rings (SSSR count). The number of furan rings is 1. The van der Waals surface area contributed by atoms with Crippen LogP contribution in [0.2, 0.25) is 10.0 Å². The van der Waals surface area contributed by atoms with Gasteiger partial charge in [0.05, 0.1) is 21.9 Å². The Morgan fingerprint density at radius 2 is 1.96 bits per heavy atom. The number of benzene rings is 1. The maximum atomic E-state index is 12.2. The molecule has 0 aliphatic carbocycles. The summed E-state index contributed by atoms with van der Waals surface area (Å²) in [5.41, 5.74) is 1.27. The second-order valence-corrected chi connectivity index (χ2v) is 6.11. The van der Waals surface area contributed by atoms with E-state index in [-0.39, 0.29) is 10.9 Å². The zero-order valence-corrected chi connectivity index (χ0v) is 15.0. The van der Waals surface area contributed by atoms with Crippen molar-refractivity contribution in [1.82, 2.24) is 10.3 Å². The summed E-state index contributed by atoms with van der Waals surface area (Å²) in [6.45, 7) is 0. The lowest BCUT2D eigenvalue weighted by atomic mass is 10.2. The second-order valence-electron chi connectivity index (χ2n) is 4.92. The van der Waals surface area contributed by atoms with Gasteiger partial charge in [0.25, 0.3) is 5.91 Å². The van der Waals surface area contributed by atoms with Crippen molar-refractivity contribution in [3.8, 4) is 11.3 Å². The summed E-state index contributed by atoms with van der Waals surface area (Å²) in [6.07, 6.45) is 3.22. The third kappa shape index (κ3) is 4.17. The fourth-order valence-electron chi connectivity index (χ4n) is 2.06. The molecule has 0 aliphatic heterocycles. The number of nitrogens with zero attached hydrogens (tertiary/aromatic N) is 1. The van der Waals surface area contributed by atoms with Crippen molar-refractivity contribution >= 4 is 52.1 Å². The van der Waals surface area contributed by atoms with Crippen LogP contribution in [0.3, 0.4) is 0 Å². The van der Waals surface area contributed by atoms with Gasteiger partial charge >= 0.3 is 0 Å². The van der Waals surface area contributed by atoms with E-state index in [1.807, 2.05) is 0 Å². The third-order valence-corrected chi connectivity index (χ3v) is 4.22. The molecule has 1 amide bonds. The summed E-state index contributed by atoms with van der Waals surface area (Å²) in [5, 5.41) is 6.29. The van der Waals surface area contributed by atoms with Crippen molar-refractivity contribution in [2.24, 2.45) is 0 Å². The second kappa shape index (κ2) is 7.65. The van der Waals surface area contributed by atoms with E-state index in [1.54, 1.807) is 48.8 Å². The van der Waals surface area contributed by atoms with Crippen molar-refractivity contribution in [3.05, 3.63) is 70.7 Å². The van der Waals surface area contributed by atoms with Crippen molar-refractivity contribution in [2.45, 2.75) is 0 Å². The molecule has 0 spiro atoms. The van der Waals surface area contributed by atoms with Gasteiger partial charge in [-0.15, -0.1) is 0 Å². The number of amides is 1. The van der Waals surface area contributed by atoms with Gasteiger partial charge in [-0.25, -0.2) is 0 Å². The van der Waals surface area contributed by atoms with Crippen LogP contribution in [0.1, 0.15) is 10.6 Å². The van der Waals surface area contributed by atoms with E-state index in [4.69, 9.17) is 39.8 Å². The minimum absolute atomic E-state index is 0.0985. The zero-order valence-electron chi connectivity index (χ0n) is 12.6. The van der Waals surface area contributed by atoms with E-state index < -0.39 is 5.91 Å². The van der Waals surface area contributed by atoms with Crippen LogP contribution in [0.25, 0.3) is 11.3 Å². The van der Waals surface area contributed by atoms with Crippen LogP contribution in [-0.2, 0) is 0 Å². The van der Waals surface area contributed by atoms with Gasteiger partial charge in [-0.1, -0.05) is 29.3 Å². The topological polar surface area (TPSA) is 67.2 Å². The standard InChI is InChI=1S/C17H11Cl2N3O2S/c18-12-5-1-4-11(15(12)19)13-6-7-14(24-13)16(23)22-17(25)21-10-3-2-8-20-9-10/h1-9H,(H2,21,22,23,25). The first-order chi connectivity index (χ1) is 12.0. The smallest absolute Gasteiger partial charge is 0.293 e. The van der Waals surface area contributed by atoms with Gasteiger partial charge in [0.1, 0.15) is 5.76 Å². The van der Waals surface area contributed by atoms with Crippen LogP contribution in [0.4, 0.5) is 5.69 Å². The van der Waals surface area contributed by atoms with Gasteiger partial charge in [0, 0.05) is 11.8 Å². The number of carbonyl (C=O) groups is 1. The normalized spacial score (nSPS) is 10.3. The number of thiocarbonyl (C=S) groups is 1. The number of pyridine rings is 1. The maximum absolute atomic E-state index is 12.2. The number of hydrogen-bond donors (Lipinski definition) is 2. The first-order valence-electron chi connectivity index (χ1n) is 7.11. The van der Waals surface area contributed by atoms with Gasteiger partial charge in [-0.05, 0) is 48.6 Å². The molecule has 8 heteroatoms. The number of carbonyl (C=O) groups excluding carboxylic acids is 1. The van der Waals surface area contributed by atoms with E-state index in [1.165, 1.54) is 6.07 Å². The SMILES string of the molecule is O=C(NC(=S)Nc1cccnc1)c1ccc(-c2cccc(Cl)c2Cl)o1. The van der Waals surface area contributed by atoms with Crippen molar-refractivity contribution in [1.29, 1.82) is 0 Å². The van der Waals surface area contributed by atoms with Crippen LogP contribution < -0.4 is 10.6 Å². The highest BCUT2D eigenvalue weighted by atomic mass is 35.5. The lowest BCUT2D eigenvalue weighted by Crippen LogP contribution is -2.33. The van der Waals surface area contributed by atoms with Crippen LogP contribution >= 0.6 is 35.4 Å². The molecule has 2 heterocycles. The van der Waals surface area contributed by atoms with Crippen LogP contribution in [0, 0.1) is 0 Å². The molecule has 2 aromatic heterocycles. The third-order valence-electron chi connectivity index (χ3n) is 3.19. The fraction of sp³-hybridized carbons (Fsp3) is 0. The molecule has 0 atom stereocenters. The highest BCUT2D eigenvalue weighted by molar-refractivity contribution is 7.80. The Labute approximate surface area is 159 Å². The molecule has 2 N–H and O–H groups in total. The molecular formula is C17H11Cl2N3O2S. The summed E-state index contributed by atoms with van der Waals surface area (Å²) in [4.78, 5) is 16.2. The molecule has 0 saturated carbocycles. The van der Waals surface area contributed by atoms with Crippen LogP contribution in [-0.4, -0.2) is 16.0 Å². The first kappa shape index (κ1) is 17.4. The van der Waals surface area contributed by atoms with E-state index in [0.29, 0.717) is 27.1 Å². The van der Waals surface area contributed by atoms with Crippen molar-refractivity contribution in [2.75, 3.05) is 5.32 Å². The number of anilines is 1.